The van der Waals surface area contributed by atoms with E-state index < -0.39 is 29.9 Å². The van der Waals surface area contributed by atoms with Gasteiger partial charge in [0.1, 0.15) is 47.8 Å². The maximum atomic E-state index is 13.9. The minimum absolute atomic E-state index is 0.0396. The molecule has 0 radical (unpaired) electrons. The molecule has 5 rings (SSSR count). The third-order valence-electron chi connectivity index (χ3n) is 5.76. The van der Waals surface area contributed by atoms with Gasteiger partial charge in [-0.2, -0.15) is 13.2 Å². The number of halogens is 5. The predicted octanol–water partition coefficient (Wildman–Crippen LogP) is 4.07. The zero-order valence-corrected chi connectivity index (χ0v) is 16.1. The van der Waals surface area contributed by atoms with E-state index in [4.69, 9.17) is 4.74 Å². The molecule has 1 saturated heterocycles. The number of aromatic amines is 1. The number of H-pyrrole nitrogens is 1. The van der Waals surface area contributed by atoms with Gasteiger partial charge in [-0.05, 0) is 18.6 Å². The Labute approximate surface area is 173 Å². The van der Waals surface area contributed by atoms with Crippen LogP contribution in [-0.2, 0) is 6.18 Å². The van der Waals surface area contributed by atoms with Crippen molar-refractivity contribution >= 4 is 16.9 Å². The van der Waals surface area contributed by atoms with Crippen molar-refractivity contribution in [3.63, 3.8) is 0 Å². The lowest BCUT2D eigenvalue weighted by atomic mass is 9.95. The second-order valence-corrected chi connectivity index (χ2v) is 7.73. The van der Waals surface area contributed by atoms with E-state index in [0.717, 1.165) is 12.4 Å². The predicted molar refractivity (Wildman–Crippen MR) is 102 cm³/mol. The Hall–Kier alpha value is -2.95. The minimum Gasteiger partial charge on any atom is -0.491 e. The van der Waals surface area contributed by atoms with Gasteiger partial charge in [-0.3, -0.25) is 4.90 Å². The van der Waals surface area contributed by atoms with Crippen LogP contribution in [0.25, 0.3) is 11.0 Å². The fraction of sp³-hybridized carbons (Fsp3) is 0.400. The maximum absolute atomic E-state index is 13.9. The SMILES string of the molecule is Fc1ccc2c(c1)OC[C@H](N1CC[C@H](F)C1)[C@H]2Nc1ncnc2[nH]c(C(F)(F)F)cc12. The first-order valence-corrected chi connectivity index (χ1v) is 9.77. The number of benzene rings is 1. The van der Waals surface area contributed by atoms with Gasteiger partial charge >= 0.3 is 6.18 Å². The number of hydrogen-bond acceptors (Lipinski definition) is 5. The van der Waals surface area contributed by atoms with Gasteiger partial charge in [-0.25, -0.2) is 18.7 Å². The van der Waals surface area contributed by atoms with Crippen LogP contribution in [-0.4, -0.2) is 51.8 Å². The topological polar surface area (TPSA) is 66.1 Å². The average Bonchev–Trinajstić information content (AvgIpc) is 3.35. The zero-order chi connectivity index (χ0) is 21.8. The number of rotatable bonds is 3. The highest BCUT2D eigenvalue weighted by Gasteiger charge is 2.39. The van der Waals surface area contributed by atoms with Crippen molar-refractivity contribution in [1.82, 2.24) is 19.9 Å². The Balaban J connectivity index is 1.55. The first kappa shape index (κ1) is 20.0. The highest BCUT2D eigenvalue weighted by molar-refractivity contribution is 5.88. The van der Waals surface area contributed by atoms with E-state index in [0.29, 0.717) is 24.3 Å². The Kier molecular flexibility index (Phi) is 4.72. The Morgan fingerprint density at radius 3 is 2.77 bits per heavy atom. The van der Waals surface area contributed by atoms with E-state index in [1.165, 1.54) is 12.1 Å². The second-order valence-electron chi connectivity index (χ2n) is 7.73. The summed E-state index contributed by atoms with van der Waals surface area (Å²) < 4.78 is 72.8. The van der Waals surface area contributed by atoms with Crippen LogP contribution in [0, 0.1) is 5.82 Å². The van der Waals surface area contributed by atoms with Gasteiger partial charge in [0.15, 0.2) is 0 Å². The van der Waals surface area contributed by atoms with Gasteiger partial charge in [0, 0.05) is 24.7 Å². The zero-order valence-electron chi connectivity index (χ0n) is 16.1. The number of likely N-dealkylation sites (tertiary alicyclic amines) is 1. The van der Waals surface area contributed by atoms with Crippen LogP contribution in [0.5, 0.6) is 5.75 Å². The molecule has 1 aromatic carbocycles. The maximum Gasteiger partial charge on any atom is 0.431 e. The van der Waals surface area contributed by atoms with E-state index in [1.807, 2.05) is 4.90 Å². The molecule has 11 heteroatoms. The molecule has 3 atom stereocenters. The van der Waals surface area contributed by atoms with Crippen LogP contribution < -0.4 is 10.1 Å². The Morgan fingerprint density at radius 1 is 1.19 bits per heavy atom. The summed E-state index contributed by atoms with van der Waals surface area (Å²) in [7, 11) is 0. The van der Waals surface area contributed by atoms with E-state index in [-0.39, 0.29) is 36.0 Å². The number of nitrogens with zero attached hydrogens (tertiary/aromatic N) is 3. The van der Waals surface area contributed by atoms with Crippen molar-refractivity contribution in [2.75, 3.05) is 25.0 Å². The van der Waals surface area contributed by atoms with E-state index in [2.05, 4.69) is 20.3 Å². The van der Waals surface area contributed by atoms with Crippen molar-refractivity contribution in [2.45, 2.75) is 30.9 Å². The molecule has 0 spiro atoms. The summed E-state index contributed by atoms with van der Waals surface area (Å²) in [5.74, 6) is 0.0610. The molecule has 0 amide bonds. The Morgan fingerprint density at radius 2 is 2.03 bits per heavy atom. The lowest BCUT2D eigenvalue weighted by Gasteiger charge is -2.39. The lowest BCUT2D eigenvalue weighted by molar-refractivity contribution is -0.140. The van der Waals surface area contributed by atoms with Crippen LogP contribution >= 0.6 is 0 Å². The molecule has 2 N–H and O–H groups in total. The molecule has 4 heterocycles. The van der Waals surface area contributed by atoms with Crippen LogP contribution in [0.3, 0.4) is 0 Å². The van der Waals surface area contributed by atoms with Gasteiger partial charge in [-0.15, -0.1) is 0 Å². The number of anilines is 1. The number of aromatic nitrogens is 3. The molecule has 3 aromatic rings. The van der Waals surface area contributed by atoms with Crippen molar-refractivity contribution in [1.29, 1.82) is 0 Å². The summed E-state index contributed by atoms with van der Waals surface area (Å²) in [6.45, 7) is 0.922. The highest BCUT2D eigenvalue weighted by Crippen LogP contribution is 2.39. The Bertz CT molecular complexity index is 1120. The smallest absolute Gasteiger partial charge is 0.431 e. The fourth-order valence-electron chi connectivity index (χ4n) is 4.26. The van der Waals surface area contributed by atoms with Gasteiger partial charge < -0.3 is 15.0 Å². The standard InChI is InChI=1S/C20H18F5N5O/c21-10-1-2-12-15(5-10)31-8-14(30-4-3-11(22)7-30)17(12)29-19-13-6-16(20(23,24)25)28-18(13)26-9-27-19/h1-2,5-6,9,11,14,17H,3-4,7-8H2,(H2,26,27,28,29)/t11-,14-,17-/m0/s1. The van der Waals surface area contributed by atoms with Crippen LogP contribution in [0.15, 0.2) is 30.6 Å². The molecule has 2 aromatic heterocycles. The van der Waals surface area contributed by atoms with Crippen molar-refractivity contribution < 1.29 is 26.7 Å². The minimum atomic E-state index is -4.56. The molecule has 0 bridgehead atoms. The second kappa shape index (κ2) is 7.33. The number of alkyl halides is 4. The largest absolute Gasteiger partial charge is 0.491 e. The molecular weight excluding hydrogens is 421 g/mol. The summed E-state index contributed by atoms with van der Waals surface area (Å²) in [6, 6.07) is 4.24. The van der Waals surface area contributed by atoms with E-state index in [9.17, 15) is 22.0 Å². The number of hydrogen-bond donors (Lipinski definition) is 2. The normalized spacial score (nSPS) is 24.2. The molecular formula is C20H18F5N5O. The summed E-state index contributed by atoms with van der Waals surface area (Å²) in [6.07, 6.45) is -3.96. The van der Waals surface area contributed by atoms with Crippen LogP contribution in [0.2, 0.25) is 0 Å². The number of fused-ring (bicyclic) bond motifs is 2. The molecule has 0 aliphatic carbocycles. The molecule has 0 unspecified atom stereocenters. The average molecular weight is 439 g/mol. The van der Waals surface area contributed by atoms with Crippen LogP contribution in [0.4, 0.5) is 27.8 Å². The van der Waals surface area contributed by atoms with Crippen molar-refractivity contribution in [3.05, 3.63) is 47.7 Å². The third-order valence-corrected chi connectivity index (χ3v) is 5.76. The lowest BCUT2D eigenvalue weighted by Crippen LogP contribution is -2.47. The number of ether oxygens (including phenoxy) is 1. The monoisotopic (exact) mass is 439 g/mol. The first-order chi connectivity index (χ1) is 14.8. The summed E-state index contributed by atoms with van der Waals surface area (Å²) in [4.78, 5) is 12.2. The third kappa shape index (κ3) is 3.67. The molecule has 2 aliphatic heterocycles. The molecule has 2 aliphatic rings. The quantitative estimate of drug-likeness (QED) is 0.603. The van der Waals surface area contributed by atoms with Gasteiger partial charge in [0.05, 0.1) is 17.5 Å². The molecule has 0 saturated carbocycles. The summed E-state index contributed by atoms with van der Waals surface area (Å²) >= 11 is 0. The van der Waals surface area contributed by atoms with Crippen LogP contribution in [0.1, 0.15) is 23.7 Å². The fourth-order valence-corrected chi connectivity index (χ4v) is 4.26. The van der Waals surface area contributed by atoms with E-state index in [1.54, 1.807) is 6.07 Å². The number of nitrogens with one attached hydrogen (secondary N) is 2. The molecule has 164 valence electrons. The molecule has 1 fully saturated rings. The summed E-state index contributed by atoms with van der Waals surface area (Å²) in [5, 5.41) is 3.38. The summed E-state index contributed by atoms with van der Waals surface area (Å²) in [5.41, 5.74) is -0.270. The van der Waals surface area contributed by atoms with Gasteiger partial charge in [0.2, 0.25) is 0 Å². The van der Waals surface area contributed by atoms with Crippen molar-refractivity contribution in [3.8, 4) is 5.75 Å². The van der Waals surface area contributed by atoms with Gasteiger partial charge in [-0.1, -0.05) is 6.07 Å². The van der Waals surface area contributed by atoms with E-state index >= 15 is 0 Å². The van der Waals surface area contributed by atoms with Gasteiger partial charge in [0.25, 0.3) is 0 Å². The molecule has 31 heavy (non-hydrogen) atoms. The first-order valence-electron chi connectivity index (χ1n) is 9.77. The van der Waals surface area contributed by atoms with Crippen molar-refractivity contribution in [2.24, 2.45) is 0 Å². The highest BCUT2D eigenvalue weighted by atomic mass is 19.4. The molecule has 6 nitrogen and oxygen atoms in total.